The molecule has 0 aliphatic heterocycles. The van der Waals surface area contributed by atoms with Crippen LogP contribution < -0.4 is 0 Å². The van der Waals surface area contributed by atoms with Gasteiger partial charge in [-0.25, -0.2) is 0 Å². The molecule has 0 N–H and O–H groups in total. The van der Waals surface area contributed by atoms with E-state index in [1.54, 1.807) is 12.0 Å². The molecule has 0 aliphatic rings. The van der Waals surface area contributed by atoms with Crippen LogP contribution in [0.15, 0.2) is 0 Å². The Morgan fingerprint density at radius 2 is 1.94 bits per heavy atom. The monoisotopic (exact) mass is 307 g/mol. The molecule has 0 spiro atoms. The number of methoxy groups -OCH3 is 1. The first-order valence-electron chi connectivity index (χ1n) is 6.48. The van der Waals surface area contributed by atoms with Gasteiger partial charge in [-0.3, -0.25) is 4.79 Å². The summed E-state index contributed by atoms with van der Waals surface area (Å²) in [6.07, 6.45) is 6.63. The Hall–Kier alpha value is -0.0900. The van der Waals surface area contributed by atoms with E-state index >= 15 is 0 Å². The van der Waals surface area contributed by atoms with E-state index in [9.17, 15) is 4.79 Å². The molecule has 0 aromatic heterocycles. The van der Waals surface area contributed by atoms with Gasteiger partial charge in [-0.05, 0) is 6.42 Å². The summed E-state index contributed by atoms with van der Waals surface area (Å²) in [6.45, 7) is 3.54. The number of ether oxygens (including phenoxy) is 1. The van der Waals surface area contributed by atoms with Crippen LogP contribution >= 0.6 is 15.9 Å². The van der Waals surface area contributed by atoms with E-state index in [-0.39, 0.29) is 10.7 Å². The highest BCUT2D eigenvalue weighted by atomic mass is 79.9. The highest BCUT2D eigenvalue weighted by molar-refractivity contribution is 9.09. The minimum absolute atomic E-state index is 0.224. The number of alkyl halides is 1. The van der Waals surface area contributed by atoms with Crippen LogP contribution in [0.25, 0.3) is 0 Å². The van der Waals surface area contributed by atoms with E-state index in [0.29, 0.717) is 19.6 Å². The topological polar surface area (TPSA) is 29.5 Å². The van der Waals surface area contributed by atoms with Crippen molar-refractivity contribution >= 4 is 21.8 Å². The summed E-state index contributed by atoms with van der Waals surface area (Å²) in [5.74, 6) is 0.238. The zero-order valence-corrected chi connectivity index (χ0v) is 13.0. The van der Waals surface area contributed by atoms with Gasteiger partial charge in [0.15, 0.2) is 0 Å². The maximum absolute atomic E-state index is 11.8. The molecule has 0 heterocycles. The lowest BCUT2D eigenvalue weighted by Gasteiger charge is -2.20. The fourth-order valence-electron chi connectivity index (χ4n) is 1.70. The SMILES string of the molecule is CCCCCCCC(=O)N(C)CC(Br)COC. The van der Waals surface area contributed by atoms with Gasteiger partial charge in [0.05, 0.1) is 11.4 Å². The molecular formula is C13H26BrNO2. The van der Waals surface area contributed by atoms with Crippen molar-refractivity contribution in [2.45, 2.75) is 50.3 Å². The van der Waals surface area contributed by atoms with E-state index in [1.807, 2.05) is 7.05 Å². The minimum atomic E-state index is 0.224. The molecule has 0 radical (unpaired) electrons. The second-order valence-corrected chi connectivity index (χ2v) is 5.79. The Labute approximate surface area is 114 Å². The van der Waals surface area contributed by atoms with Crippen LogP contribution in [0.1, 0.15) is 45.4 Å². The highest BCUT2D eigenvalue weighted by Crippen LogP contribution is 2.08. The van der Waals surface area contributed by atoms with Crippen LogP contribution in [-0.2, 0) is 9.53 Å². The lowest BCUT2D eigenvalue weighted by Crippen LogP contribution is -2.33. The quantitative estimate of drug-likeness (QED) is 0.458. The van der Waals surface area contributed by atoms with Crippen molar-refractivity contribution in [2.75, 3.05) is 27.3 Å². The molecule has 1 atom stereocenters. The molecule has 0 aliphatic carbocycles. The fraction of sp³-hybridized carbons (Fsp3) is 0.923. The number of unbranched alkanes of at least 4 members (excludes halogenated alkanes) is 4. The summed E-state index contributed by atoms with van der Waals surface area (Å²) in [5.41, 5.74) is 0. The Bertz CT molecular complexity index is 200. The Kier molecular flexibility index (Phi) is 11.0. The lowest BCUT2D eigenvalue weighted by molar-refractivity contribution is -0.130. The van der Waals surface area contributed by atoms with Crippen LogP contribution in [0.5, 0.6) is 0 Å². The first kappa shape index (κ1) is 16.9. The maximum atomic E-state index is 11.8. The zero-order valence-electron chi connectivity index (χ0n) is 11.4. The van der Waals surface area contributed by atoms with Gasteiger partial charge in [-0.15, -0.1) is 0 Å². The number of nitrogens with zero attached hydrogens (tertiary/aromatic N) is 1. The third kappa shape index (κ3) is 9.60. The molecule has 4 heteroatoms. The summed E-state index contributed by atoms with van der Waals surface area (Å²) in [7, 11) is 3.53. The van der Waals surface area contributed by atoms with Gasteiger partial charge in [0, 0.05) is 27.1 Å². The van der Waals surface area contributed by atoms with Crippen molar-refractivity contribution in [1.82, 2.24) is 4.90 Å². The first-order chi connectivity index (χ1) is 8.11. The average molecular weight is 308 g/mol. The van der Waals surface area contributed by atoms with Gasteiger partial charge >= 0.3 is 0 Å². The minimum Gasteiger partial charge on any atom is -0.383 e. The van der Waals surface area contributed by atoms with Crippen LogP contribution in [0, 0.1) is 0 Å². The molecule has 0 aromatic carbocycles. The van der Waals surface area contributed by atoms with E-state index in [0.717, 1.165) is 6.42 Å². The molecule has 1 unspecified atom stereocenters. The highest BCUT2D eigenvalue weighted by Gasteiger charge is 2.12. The standard InChI is InChI=1S/C13H26BrNO2/c1-4-5-6-7-8-9-13(16)15(2)10-12(14)11-17-3/h12H,4-11H2,1-3H3. The van der Waals surface area contributed by atoms with Crippen molar-refractivity contribution in [3.8, 4) is 0 Å². The van der Waals surface area contributed by atoms with E-state index in [4.69, 9.17) is 4.74 Å². The summed E-state index contributed by atoms with van der Waals surface area (Å²) in [5, 5.41) is 0. The first-order valence-corrected chi connectivity index (χ1v) is 7.40. The molecule has 0 fully saturated rings. The smallest absolute Gasteiger partial charge is 0.222 e. The molecule has 1 amide bonds. The molecule has 102 valence electrons. The third-order valence-electron chi connectivity index (χ3n) is 2.74. The Morgan fingerprint density at radius 1 is 1.29 bits per heavy atom. The maximum Gasteiger partial charge on any atom is 0.222 e. The predicted molar refractivity (Wildman–Crippen MR) is 75.6 cm³/mol. The van der Waals surface area contributed by atoms with Crippen LogP contribution in [0.3, 0.4) is 0 Å². The van der Waals surface area contributed by atoms with Crippen LogP contribution in [0.2, 0.25) is 0 Å². The Morgan fingerprint density at radius 3 is 2.53 bits per heavy atom. The average Bonchev–Trinajstić information content (AvgIpc) is 2.28. The molecule has 3 nitrogen and oxygen atoms in total. The second kappa shape index (κ2) is 11.0. The second-order valence-electron chi connectivity index (χ2n) is 4.49. The molecule has 0 saturated carbocycles. The van der Waals surface area contributed by atoms with Gasteiger partial charge in [-0.1, -0.05) is 48.5 Å². The summed E-state index contributed by atoms with van der Waals surface area (Å²) in [4.78, 5) is 13.8. The number of carbonyl (C=O) groups excluding carboxylic acids is 1. The largest absolute Gasteiger partial charge is 0.383 e. The van der Waals surface area contributed by atoms with Crippen LogP contribution in [0.4, 0.5) is 0 Å². The number of carbonyl (C=O) groups is 1. The molecular weight excluding hydrogens is 282 g/mol. The van der Waals surface area contributed by atoms with Crippen molar-refractivity contribution in [3.05, 3.63) is 0 Å². The van der Waals surface area contributed by atoms with E-state index in [2.05, 4.69) is 22.9 Å². The predicted octanol–water partition coefficient (Wildman–Crippen LogP) is 3.22. The summed E-state index contributed by atoms with van der Waals surface area (Å²) < 4.78 is 5.02. The van der Waals surface area contributed by atoms with Gasteiger partial charge in [0.25, 0.3) is 0 Å². The van der Waals surface area contributed by atoms with Gasteiger partial charge < -0.3 is 9.64 Å². The number of hydrogen-bond acceptors (Lipinski definition) is 2. The lowest BCUT2D eigenvalue weighted by atomic mass is 10.1. The zero-order chi connectivity index (χ0) is 13.1. The number of hydrogen-bond donors (Lipinski definition) is 0. The van der Waals surface area contributed by atoms with Gasteiger partial charge in [-0.2, -0.15) is 0 Å². The van der Waals surface area contributed by atoms with Crippen LogP contribution in [-0.4, -0.2) is 42.9 Å². The van der Waals surface area contributed by atoms with Crippen molar-refractivity contribution in [3.63, 3.8) is 0 Å². The van der Waals surface area contributed by atoms with Crippen molar-refractivity contribution < 1.29 is 9.53 Å². The van der Waals surface area contributed by atoms with Crippen molar-refractivity contribution in [1.29, 1.82) is 0 Å². The molecule has 0 rings (SSSR count). The molecule has 0 bridgehead atoms. The third-order valence-corrected chi connectivity index (χ3v) is 3.29. The normalized spacial score (nSPS) is 12.5. The fourth-order valence-corrected chi connectivity index (χ4v) is 2.40. The van der Waals surface area contributed by atoms with Gasteiger partial charge in [0.1, 0.15) is 0 Å². The number of halogens is 1. The molecule has 17 heavy (non-hydrogen) atoms. The summed E-state index contributed by atoms with van der Waals surface area (Å²) >= 11 is 3.49. The summed E-state index contributed by atoms with van der Waals surface area (Å²) in [6, 6.07) is 0. The molecule has 0 saturated heterocycles. The van der Waals surface area contributed by atoms with Gasteiger partial charge in [0.2, 0.25) is 5.91 Å². The molecule has 0 aromatic rings. The number of rotatable bonds is 10. The van der Waals surface area contributed by atoms with E-state index < -0.39 is 0 Å². The van der Waals surface area contributed by atoms with E-state index in [1.165, 1.54) is 25.7 Å². The van der Waals surface area contributed by atoms with Crippen molar-refractivity contribution in [2.24, 2.45) is 0 Å². The number of amides is 1. The Balaban J connectivity index is 3.60.